The molecule has 4 nitrogen and oxygen atoms in total. The Bertz CT molecular complexity index is 491. The Hall–Kier alpha value is -1.71. The number of benzene rings is 1. The molecule has 2 N–H and O–H groups in total. The molecule has 0 saturated carbocycles. The van der Waals surface area contributed by atoms with E-state index in [1.54, 1.807) is 0 Å². The lowest BCUT2D eigenvalue weighted by atomic mass is 9.86. The van der Waals surface area contributed by atoms with Gasteiger partial charge in [0.25, 0.3) is 0 Å². The molecule has 0 aromatic heterocycles. The van der Waals surface area contributed by atoms with E-state index in [0.29, 0.717) is 0 Å². The van der Waals surface area contributed by atoms with E-state index < -0.39 is 5.97 Å². The molecule has 1 aliphatic rings. The molecule has 2 atom stereocenters. The van der Waals surface area contributed by atoms with E-state index in [4.69, 9.17) is 9.84 Å². The molecule has 19 heavy (non-hydrogen) atoms. The van der Waals surface area contributed by atoms with Gasteiger partial charge in [0.2, 0.25) is 0 Å². The second-order valence-electron chi connectivity index (χ2n) is 6.15. The molecule has 1 aromatic rings. The molecule has 0 radical (unpaired) electrons. The van der Waals surface area contributed by atoms with E-state index in [-0.39, 0.29) is 24.0 Å². The summed E-state index contributed by atoms with van der Waals surface area (Å²) in [6, 6.07) is 6.03. The number of carboxylic acid groups (broad SMARTS) is 1. The lowest BCUT2D eigenvalue weighted by molar-refractivity contribution is -0.139. The van der Waals surface area contributed by atoms with Gasteiger partial charge < -0.3 is 15.2 Å². The molecule has 4 heteroatoms. The van der Waals surface area contributed by atoms with Crippen LogP contribution in [0.3, 0.4) is 0 Å². The fourth-order valence-electron chi connectivity index (χ4n) is 2.21. The number of carbonyl (C=O) groups is 1. The van der Waals surface area contributed by atoms with Crippen molar-refractivity contribution in [3.05, 3.63) is 23.8 Å². The predicted molar refractivity (Wildman–Crippen MR) is 74.9 cm³/mol. The molecule has 2 rings (SSSR count). The van der Waals surface area contributed by atoms with Gasteiger partial charge in [0.05, 0.1) is 18.2 Å². The Morgan fingerprint density at radius 1 is 1.42 bits per heavy atom. The van der Waals surface area contributed by atoms with E-state index in [1.165, 1.54) is 5.56 Å². The molecule has 1 aliphatic heterocycles. The summed E-state index contributed by atoms with van der Waals surface area (Å²) in [5, 5.41) is 12.2. The largest absolute Gasteiger partial charge is 0.486 e. The third kappa shape index (κ3) is 3.00. The molecule has 0 spiro atoms. The third-order valence-electron chi connectivity index (χ3n) is 3.44. The van der Waals surface area contributed by atoms with Crippen LogP contribution in [-0.2, 0) is 10.2 Å². The second-order valence-corrected chi connectivity index (χ2v) is 6.15. The Balaban J connectivity index is 2.26. The SMILES string of the molecule is CC1Nc2cc(C(C)(C)C)ccc2OC1CC(=O)O. The van der Waals surface area contributed by atoms with E-state index in [1.807, 2.05) is 19.1 Å². The molecule has 0 aliphatic carbocycles. The van der Waals surface area contributed by atoms with E-state index in [2.05, 4.69) is 32.2 Å². The van der Waals surface area contributed by atoms with Crippen LogP contribution in [0, 0.1) is 0 Å². The summed E-state index contributed by atoms with van der Waals surface area (Å²) in [5.41, 5.74) is 2.26. The summed E-state index contributed by atoms with van der Waals surface area (Å²) >= 11 is 0. The standard InChI is InChI=1S/C15H21NO3/c1-9-13(8-14(17)18)19-12-6-5-10(15(2,3)4)7-11(12)16-9/h5-7,9,13,16H,8H2,1-4H3,(H,17,18). The van der Waals surface area contributed by atoms with Gasteiger partial charge in [-0.25, -0.2) is 0 Å². The zero-order valence-electron chi connectivity index (χ0n) is 11.9. The quantitative estimate of drug-likeness (QED) is 0.861. The minimum absolute atomic E-state index is 0.00856. The van der Waals surface area contributed by atoms with Gasteiger partial charge in [-0.1, -0.05) is 26.8 Å². The van der Waals surface area contributed by atoms with Crippen LogP contribution in [0.25, 0.3) is 0 Å². The minimum Gasteiger partial charge on any atom is -0.486 e. The summed E-state index contributed by atoms with van der Waals surface area (Å²) in [6.07, 6.45) is -0.320. The molecular weight excluding hydrogens is 242 g/mol. The number of hydrogen-bond donors (Lipinski definition) is 2. The van der Waals surface area contributed by atoms with Gasteiger partial charge in [0.15, 0.2) is 0 Å². The molecule has 1 heterocycles. The van der Waals surface area contributed by atoms with Crippen molar-refractivity contribution in [2.24, 2.45) is 0 Å². The van der Waals surface area contributed by atoms with Crippen molar-refractivity contribution in [1.29, 1.82) is 0 Å². The highest BCUT2D eigenvalue weighted by Gasteiger charge is 2.29. The highest BCUT2D eigenvalue weighted by Crippen LogP contribution is 2.36. The number of fused-ring (bicyclic) bond motifs is 1. The highest BCUT2D eigenvalue weighted by atomic mass is 16.5. The number of carboxylic acids is 1. The smallest absolute Gasteiger partial charge is 0.307 e. The van der Waals surface area contributed by atoms with E-state index in [0.717, 1.165) is 11.4 Å². The minimum atomic E-state index is -0.839. The summed E-state index contributed by atoms with van der Waals surface area (Å²) in [6.45, 7) is 8.43. The Morgan fingerprint density at radius 3 is 2.68 bits per heavy atom. The average Bonchev–Trinajstić information content (AvgIpc) is 2.27. The Kier molecular flexibility index (Phi) is 3.43. The van der Waals surface area contributed by atoms with Crippen LogP contribution < -0.4 is 10.1 Å². The molecule has 2 unspecified atom stereocenters. The van der Waals surface area contributed by atoms with Crippen molar-refractivity contribution in [2.45, 2.75) is 51.7 Å². The average molecular weight is 263 g/mol. The third-order valence-corrected chi connectivity index (χ3v) is 3.44. The van der Waals surface area contributed by atoms with Gasteiger partial charge >= 0.3 is 5.97 Å². The van der Waals surface area contributed by atoms with Crippen LogP contribution in [-0.4, -0.2) is 23.2 Å². The number of aliphatic carboxylic acids is 1. The first kappa shape index (κ1) is 13.7. The van der Waals surface area contributed by atoms with Gasteiger partial charge in [-0.15, -0.1) is 0 Å². The molecule has 0 bridgehead atoms. The van der Waals surface area contributed by atoms with Crippen molar-refractivity contribution in [3.8, 4) is 5.75 Å². The molecule has 1 aromatic carbocycles. The molecule has 0 saturated heterocycles. The van der Waals surface area contributed by atoms with Crippen LogP contribution in [0.2, 0.25) is 0 Å². The van der Waals surface area contributed by atoms with Crippen LogP contribution in [0.5, 0.6) is 5.75 Å². The fraction of sp³-hybridized carbons (Fsp3) is 0.533. The van der Waals surface area contributed by atoms with Gasteiger partial charge in [0, 0.05) is 0 Å². The molecule has 104 valence electrons. The zero-order valence-corrected chi connectivity index (χ0v) is 11.9. The molecular formula is C15H21NO3. The summed E-state index contributed by atoms with van der Waals surface area (Å²) in [5.74, 6) is -0.106. The summed E-state index contributed by atoms with van der Waals surface area (Å²) in [4.78, 5) is 10.8. The Morgan fingerprint density at radius 2 is 2.11 bits per heavy atom. The van der Waals surface area contributed by atoms with Gasteiger partial charge in [-0.2, -0.15) is 0 Å². The number of rotatable bonds is 2. The second kappa shape index (κ2) is 4.76. The monoisotopic (exact) mass is 263 g/mol. The van der Waals surface area contributed by atoms with Crippen molar-refractivity contribution >= 4 is 11.7 Å². The van der Waals surface area contributed by atoms with E-state index in [9.17, 15) is 4.79 Å². The zero-order chi connectivity index (χ0) is 14.2. The lowest BCUT2D eigenvalue weighted by Crippen LogP contribution is -2.40. The van der Waals surface area contributed by atoms with Gasteiger partial charge in [0.1, 0.15) is 11.9 Å². The van der Waals surface area contributed by atoms with Crippen LogP contribution in [0.4, 0.5) is 5.69 Å². The van der Waals surface area contributed by atoms with Crippen LogP contribution >= 0.6 is 0 Å². The first-order chi connectivity index (χ1) is 8.77. The van der Waals surface area contributed by atoms with Gasteiger partial charge in [-0.05, 0) is 30.0 Å². The number of anilines is 1. The maximum atomic E-state index is 10.8. The normalized spacial score (nSPS) is 22.1. The van der Waals surface area contributed by atoms with E-state index >= 15 is 0 Å². The topological polar surface area (TPSA) is 58.6 Å². The first-order valence-corrected chi connectivity index (χ1v) is 6.57. The predicted octanol–water partition coefficient (Wildman–Crippen LogP) is 3.02. The van der Waals surface area contributed by atoms with Gasteiger partial charge in [-0.3, -0.25) is 4.79 Å². The summed E-state index contributed by atoms with van der Waals surface area (Å²) < 4.78 is 5.78. The number of nitrogens with one attached hydrogen (secondary N) is 1. The molecule has 0 amide bonds. The number of hydrogen-bond acceptors (Lipinski definition) is 3. The molecule has 0 fully saturated rings. The van der Waals surface area contributed by atoms with Crippen molar-refractivity contribution in [2.75, 3.05) is 5.32 Å². The maximum absolute atomic E-state index is 10.8. The first-order valence-electron chi connectivity index (χ1n) is 6.57. The summed E-state index contributed by atoms with van der Waals surface area (Å²) in [7, 11) is 0. The van der Waals surface area contributed by atoms with Crippen LogP contribution in [0.15, 0.2) is 18.2 Å². The lowest BCUT2D eigenvalue weighted by Gasteiger charge is -2.33. The van der Waals surface area contributed by atoms with Crippen LogP contribution in [0.1, 0.15) is 39.7 Å². The van der Waals surface area contributed by atoms with Crippen molar-refractivity contribution in [1.82, 2.24) is 0 Å². The Labute approximate surface area is 113 Å². The van der Waals surface area contributed by atoms with Crippen molar-refractivity contribution in [3.63, 3.8) is 0 Å². The fourth-order valence-corrected chi connectivity index (χ4v) is 2.21. The number of ether oxygens (including phenoxy) is 1. The maximum Gasteiger partial charge on any atom is 0.307 e. The highest BCUT2D eigenvalue weighted by molar-refractivity contribution is 5.69. The van der Waals surface area contributed by atoms with Crippen molar-refractivity contribution < 1.29 is 14.6 Å².